The summed E-state index contributed by atoms with van der Waals surface area (Å²) in [6, 6.07) is 0. The predicted octanol–water partition coefficient (Wildman–Crippen LogP) is 4.21. The molecule has 0 amide bonds. The number of carbonyl (C=O) groups excluding carboxylic acids is 1. The van der Waals surface area contributed by atoms with Crippen LogP contribution >= 0.6 is 0 Å². The first-order valence-electron chi connectivity index (χ1n) is 5.97. The molecule has 0 aliphatic heterocycles. The van der Waals surface area contributed by atoms with Crippen molar-refractivity contribution in [2.24, 2.45) is 5.41 Å². The molecular formula is C15H22O. The zero-order chi connectivity index (χ0) is 12.2. The summed E-state index contributed by atoms with van der Waals surface area (Å²) < 4.78 is 0. The zero-order valence-electron chi connectivity index (χ0n) is 10.7. The van der Waals surface area contributed by atoms with Crippen LogP contribution in [0.1, 0.15) is 46.5 Å². The van der Waals surface area contributed by atoms with Gasteiger partial charge >= 0.3 is 0 Å². The highest BCUT2D eigenvalue weighted by Crippen LogP contribution is 2.40. The van der Waals surface area contributed by atoms with Crippen LogP contribution in [0.15, 0.2) is 35.5 Å². The van der Waals surface area contributed by atoms with Gasteiger partial charge in [0.25, 0.3) is 0 Å². The molecule has 0 saturated carbocycles. The highest BCUT2D eigenvalue weighted by molar-refractivity contribution is 5.56. The van der Waals surface area contributed by atoms with E-state index in [1.165, 1.54) is 30.4 Å². The standard InChI is InChI=1S/C15H22O/c1-12(9-11-16)7-8-14-13(2)6-5-10-15(14,3)4/h7-8,11H,1,5-6,9-10H2,2-4H3/b8-7+. The van der Waals surface area contributed by atoms with Crippen LogP contribution in [0, 0.1) is 5.41 Å². The lowest BCUT2D eigenvalue weighted by Gasteiger charge is -2.32. The molecule has 0 heterocycles. The summed E-state index contributed by atoms with van der Waals surface area (Å²) >= 11 is 0. The first-order valence-corrected chi connectivity index (χ1v) is 5.97. The Labute approximate surface area is 98.9 Å². The molecule has 0 fully saturated rings. The Balaban J connectivity index is 2.85. The largest absolute Gasteiger partial charge is 0.303 e. The van der Waals surface area contributed by atoms with Crippen molar-refractivity contribution >= 4 is 6.29 Å². The smallest absolute Gasteiger partial charge is 0.124 e. The maximum atomic E-state index is 10.4. The molecule has 1 aliphatic rings. The summed E-state index contributed by atoms with van der Waals surface area (Å²) in [6.45, 7) is 10.7. The van der Waals surface area contributed by atoms with Gasteiger partial charge in [-0.15, -0.1) is 0 Å². The maximum Gasteiger partial charge on any atom is 0.124 e. The fourth-order valence-electron chi connectivity index (χ4n) is 2.39. The van der Waals surface area contributed by atoms with E-state index in [1.807, 2.05) is 6.08 Å². The summed E-state index contributed by atoms with van der Waals surface area (Å²) in [4.78, 5) is 10.4. The van der Waals surface area contributed by atoms with Gasteiger partial charge in [0.1, 0.15) is 6.29 Å². The number of allylic oxidation sites excluding steroid dienone is 5. The summed E-state index contributed by atoms with van der Waals surface area (Å²) in [5.74, 6) is 0. The molecule has 0 aromatic heterocycles. The van der Waals surface area contributed by atoms with Crippen molar-refractivity contribution in [3.63, 3.8) is 0 Å². The van der Waals surface area contributed by atoms with E-state index in [0.29, 0.717) is 6.42 Å². The molecule has 88 valence electrons. The van der Waals surface area contributed by atoms with Gasteiger partial charge in [0, 0.05) is 6.42 Å². The first-order chi connectivity index (χ1) is 7.47. The molecule has 0 bridgehead atoms. The lowest BCUT2D eigenvalue weighted by Crippen LogP contribution is -2.19. The molecule has 0 N–H and O–H groups in total. The number of rotatable bonds is 4. The Kier molecular flexibility index (Phi) is 4.28. The van der Waals surface area contributed by atoms with Gasteiger partial charge in [-0.05, 0) is 42.7 Å². The fourth-order valence-corrected chi connectivity index (χ4v) is 2.39. The van der Waals surface area contributed by atoms with Crippen molar-refractivity contribution in [1.29, 1.82) is 0 Å². The van der Waals surface area contributed by atoms with Gasteiger partial charge in [-0.25, -0.2) is 0 Å². The van der Waals surface area contributed by atoms with E-state index < -0.39 is 0 Å². The minimum Gasteiger partial charge on any atom is -0.303 e. The molecule has 0 unspecified atom stereocenters. The van der Waals surface area contributed by atoms with Crippen molar-refractivity contribution in [3.05, 3.63) is 35.5 Å². The fraction of sp³-hybridized carbons (Fsp3) is 0.533. The van der Waals surface area contributed by atoms with E-state index in [9.17, 15) is 4.79 Å². The van der Waals surface area contributed by atoms with Crippen LogP contribution < -0.4 is 0 Å². The van der Waals surface area contributed by atoms with Crippen LogP contribution in [0.25, 0.3) is 0 Å². The zero-order valence-corrected chi connectivity index (χ0v) is 10.7. The van der Waals surface area contributed by atoms with Gasteiger partial charge in [-0.3, -0.25) is 0 Å². The summed E-state index contributed by atoms with van der Waals surface area (Å²) in [5, 5.41) is 0. The van der Waals surface area contributed by atoms with Crippen molar-refractivity contribution in [2.75, 3.05) is 0 Å². The third-order valence-corrected chi connectivity index (χ3v) is 3.37. The van der Waals surface area contributed by atoms with Gasteiger partial charge in [0.2, 0.25) is 0 Å². The molecule has 0 saturated heterocycles. The number of aldehydes is 1. The highest BCUT2D eigenvalue weighted by Gasteiger charge is 2.26. The molecule has 0 atom stereocenters. The van der Waals surface area contributed by atoms with Crippen molar-refractivity contribution in [1.82, 2.24) is 0 Å². The summed E-state index contributed by atoms with van der Waals surface area (Å²) in [6.07, 6.45) is 9.20. The normalized spacial score (nSPS) is 20.2. The SMILES string of the molecule is C=C(/C=C/C1=C(C)CCCC1(C)C)CC=O. The van der Waals surface area contributed by atoms with E-state index in [2.05, 4.69) is 33.4 Å². The highest BCUT2D eigenvalue weighted by atomic mass is 16.1. The second-order valence-corrected chi connectivity index (χ2v) is 5.29. The maximum absolute atomic E-state index is 10.4. The predicted molar refractivity (Wildman–Crippen MR) is 69.3 cm³/mol. The van der Waals surface area contributed by atoms with Crippen LogP contribution in [0.4, 0.5) is 0 Å². The monoisotopic (exact) mass is 218 g/mol. The van der Waals surface area contributed by atoms with E-state index in [0.717, 1.165) is 11.9 Å². The van der Waals surface area contributed by atoms with E-state index in [4.69, 9.17) is 0 Å². The number of hydrogen-bond acceptors (Lipinski definition) is 1. The third kappa shape index (κ3) is 3.19. The molecule has 0 spiro atoms. The molecule has 1 rings (SSSR count). The van der Waals surface area contributed by atoms with E-state index in [1.54, 1.807) is 0 Å². The van der Waals surface area contributed by atoms with Crippen LogP contribution in [0.5, 0.6) is 0 Å². The molecule has 0 aromatic rings. The van der Waals surface area contributed by atoms with Crippen LogP contribution in [0.3, 0.4) is 0 Å². The number of carbonyl (C=O) groups is 1. The van der Waals surface area contributed by atoms with Gasteiger partial charge in [-0.1, -0.05) is 38.2 Å². The van der Waals surface area contributed by atoms with Crippen LogP contribution in [-0.2, 0) is 4.79 Å². The first kappa shape index (κ1) is 13.0. The average molecular weight is 218 g/mol. The molecular weight excluding hydrogens is 196 g/mol. The quantitative estimate of drug-likeness (QED) is 0.510. The molecule has 1 heteroatoms. The molecule has 1 nitrogen and oxygen atoms in total. The van der Waals surface area contributed by atoms with Crippen LogP contribution in [-0.4, -0.2) is 6.29 Å². The second kappa shape index (κ2) is 5.29. The van der Waals surface area contributed by atoms with Crippen molar-refractivity contribution in [2.45, 2.75) is 46.5 Å². The topological polar surface area (TPSA) is 17.1 Å². The minimum absolute atomic E-state index is 0.264. The summed E-state index contributed by atoms with van der Waals surface area (Å²) in [7, 11) is 0. The Morgan fingerprint density at radius 1 is 1.50 bits per heavy atom. The van der Waals surface area contributed by atoms with Crippen LogP contribution in [0.2, 0.25) is 0 Å². The molecule has 1 aliphatic carbocycles. The Hall–Kier alpha value is -1.11. The Morgan fingerprint density at radius 3 is 2.75 bits per heavy atom. The Morgan fingerprint density at radius 2 is 2.19 bits per heavy atom. The van der Waals surface area contributed by atoms with Crippen molar-refractivity contribution < 1.29 is 4.79 Å². The summed E-state index contributed by atoms with van der Waals surface area (Å²) in [5.41, 5.74) is 4.05. The molecule has 0 radical (unpaired) electrons. The lowest BCUT2D eigenvalue weighted by molar-refractivity contribution is -0.107. The van der Waals surface area contributed by atoms with E-state index in [-0.39, 0.29) is 5.41 Å². The number of hydrogen-bond donors (Lipinski definition) is 0. The average Bonchev–Trinajstić information content (AvgIpc) is 2.16. The van der Waals surface area contributed by atoms with Gasteiger partial charge < -0.3 is 4.79 Å². The Bertz CT molecular complexity index is 342. The lowest BCUT2D eigenvalue weighted by atomic mass is 9.72. The molecule has 16 heavy (non-hydrogen) atoms. The van der Waals surface area contributed by atoms with Gasteiger partial charge in [-0.2, -0.15) is 0 Å². The van der Waals surface area contributed by atoms with E-state index >= 15 is 0 Å². The second-order valence-electron chi connectivity index (χ2n) is 5.29. The minimum atomic E-state index is 0.264. The van der Waals surface area contributed by atoms with Gasteiger partial charge in [0.15, 0.2) is 0 Å². The third-order valence-electron chi connectivity index (χ3n) is 3.37. The van der Waals surface area contributed by atoms with Crippen molar-refractivity contribution in [3.8, 4) is 0 Å². The molecule has 0 aromatic carbocycles. The van der Waals surface area contributed by atoms with Gasteiger partial charge in [0.05, 0.1) is 0 Å².